The van der Waals surface area contributed by atoms with Gasteiger partial charge in [-0.25, -0.2) is 8.99 Å². The van der Waals surface area contributed by atoms with Gasteiger partial charge < -0.3 is 11.1 Å². The van der Waals surface area contributed by atoms with Gasteiger partial charge in [0.05, 0.1) is 0 Å². The molecule has 158 valence electrons. The third-order valence-electron chi connectivity index (χ3n) is 4.97. The summed E-state index contributed by atoms with van der Waals surface area (Å²) in [7, 11) is -7.96. The monoisotopic (exact) mass is 439 g/mol. The number of anilines is 1. The van der Waals surface area contributed by atoms with Gasteiger partial charge in [0.2, 0.25) is 0 Å². The maximum atomic E-state index is 12.7. The van der Waals surface area contributed by atoms with Crippen molar-refractivity contribution >= 4 is 31.9 Å². The first-order valence-corrected chi connectivity index (χ1v) is 12.3. The number of rotatable bonds is 8. The Morgan fingerprint density at radius 1 is 1.21 bits per heavy atom. The van der Waals surface area contributed by atoms with E-state index < -0.39 is 25.9 Å². The Bertz CT molecular complexity index is 1070. The fourth-order valence-corrected chi connectivity index (χ4v) is 5.00. The Labute approximate surface area is 171 Å². The second-order valence-corrected chi connectivity index (χ2v) is 10.3. The van der Waals surface area contributed by atoms with Crippen molar-refractivity contribution in [1.29, 1.82) is 4.78 Å². The molecule has 0 aliphatic heterocycles. The maximum absolute atomic E-state index is 12.7. The molecule has 1 aromatic carbocycles. The van der Waals surface area contributed by atoms with Gasteiger partial charge in [-0.2, -0.15) is 8.42 Å². The molecule has 2 aliphatic carbocycles. The van der Waals surface area contributed by atoms with Crippen LogP contribution < -0.4 is 15.8 Å². The van der Waals surface area contributed by atoms with Crippen molar-refractivity contribution in [3.63, 3.8) is 0 Å². The Kier molecular flexibility index (Phi) is 6.01. The molecule has 0 bridgehead atoms. The van der Waals surface area contributed by atoms with Crippen LogP contribution in [0.2, 0.25) is 0 Å². The van der Waals surface area contributed by atoms with Crippen molar-refractivity contribution in [3.8, 4) is 0 Å². The minimum Gasteiger partial charge on any atom is -0.403 e. The van der Waals surface area contributed by atoms with E-state index in [1.165, 1.54) is 22.3 Å². The molecule has 1 unspecified atom stereocenters. The molecule has 29 heavy (non-hydrogen) atoms. The molecule has 0 aromatic heterocycles. The molecule has 0 heterocycles. The van der Waals surface area contributed by atoms with E-state index in [0.717, 1.165) is 56.6 Å². The van der Waals surface area contributed by atoms with E-state index >= 15 is 0 Å². The third kappa shape index (κ3) is 4.98. The summed E-state index contributed by atoms with van der Waals surface area (Å²) in [6.07, 6.45) is 7.98. The van der Waals surface area contributed by atoms with Crippen molar-refractivity contribution in [3.05, 3.63) is 51.8 Å². The van der Waals surface area contributed by atoms with Crippen molar-refractivity contribution < 1.29 is 17.2 Å². The number of allylic oxidation sites excluding steroid dienone is 1. The fourth-order valence-electron chi connectivity index (χ4n) is 3.81. The zero-order valence-corrected chi connectivity index (χ0v) is 17.5. The van der Waals surface area contributed by atoms with E-state index in [4.69, 9.17) is 15.1 Å². The summed E-state index contributed by atoms with van der Waals surface area (Å²) in [6.45, 7) is 3.85. The Hall–Kier alpha value is -2.37. The molecule has 0 spiro atoms. The second-order valence-electron chi connectivity index (χ2n) is 7.09. The SMILES string of the molecule is C=C(Nc1c2c(cc3c1CCC3)CCC2)NS(=N)(=O)C(C=NCS(=O)(=O)O)=CN. The lowest BCUT2D eigenvalue weighted by Gasteiger charge is -2.20. The number of hydrogen-bond donors (Lipinski definition) is 5. The predicted octanol–water partition coefficient (Wildman–Crippen LogP) is 1.81. The standard InChI is InChI=1S/C18H25N5O4S2/c1-12(23-29(20,27)15(9-19)10-21-11-28(24,25)26)22-18-16-6-2-4-13(16)8-14-5-3-7-17(14)18/h8-10,22H,1-7,11,19H2,(H2,20,23,27)(H,24,25,26). The molecule has 9 nitrogen and oxygen atoms in total. The Balaban J connectivity index is 1.77. The van der Waals surface area contributed by atoms with Gasteiger partial charge in [-0.05, 0) is 60.8 Å². The highest BCUT2D eigenvalue weighted by molar-refractivity contribution is 7.95. The van der Waals surface area contributed by atoms with E-state index in [2.05, 4.69) is 27.7 Å². The largest absolute Gasteiger partial charge is 0.403 e. The average Bonchev–Trinajstić information content (AvgIpc) is 3.25. The lowest BCUT2D eigenvalue weighted by molar-refractivity contribution is 0.484. The summed E-state index contributed by atoms with van der Waals surface area (Å²) < 4.78 is 53.6. The predicted molar refractivity (Wildman–Crippen MR) is 114 cm³/mol. The normalized spacial score (nSPS) is 18.3. The number of benzene rings is 1. The number of nitrogens with zero attached hydrogens (tertiary/aromatic N) is 1. The van der Waals surface area contributed by atoms with E-state index in [0.29, 0.717) is 0 Å². The van der Waals surface area contributed by atoms with Gasteiger partial charge in [-0.1, -0.05) is 12.6 Å². The van der Waals surface area contributed by atoms with Crippen LogP contribution in [0, 0.1) is 4.78 Å². The first-order chi connectivity index (χ1) is 13.6. The molecule has 11 heteroatoms. The van der Waals surface area contributed by atoms with E-state index in [9.17, 15) is 12.6 Å². The average molecular weight is 440 g/mol. The highest BCUT2D eigenvalue weighted by Gasteiger charge is 2.24. The number of aliphatic imine (C=N–C) groups is 1. The molecule has 3 rings (SSSR count). The molecule has 0 saturated heterocycles. The second kappa shape index (κ2) is 8.17. The zero-order valence-electron chi connectivity index (χ0n) is 15.9. The molecule has 0 amide bonds. The quantitative estimate of drug-likeness (QED) is 0.307. The highest BCUT2D eigenvalue weighted by Crippen LogP contribution is 2.39. The van der Waals surface area contributed by atoms with Gasteiger partial charge in [0, 0.05) is 18.1 Å². The number of fused-ring (bicyclic) bond motifs is 2. The third-order valence-corrected chi connectivity index (χ3v) is 6.88. The molecule has 2 aliphatic rings. The van der Waals surface area contributed by atoms with E-state index in [1.807, 2.05) is 0 Å². The van der Waals surface area contributed by atoms with Crippen LogP contribution in [-0.2, 0) is 45.7 Å². The van der Waals surface area contributed by atoms with Gasteiger partial charge in [-0.3, -0.25) is 14.3 Å². The number of nitrogens with one attached hydrogen (secondary N) is 3. The van der Waals surface area contributed by atoms with Crippen LogP contribution in [0.4, 0.5) is 5.69 Å². The molecule has 0 radical (unpaired) electrons. The number of aryl methyl sites for hydroxylation is 2. The molecule has 0 fully saturated rings. The lowest BCUT2D eigenvalue weighted by Crippen LogP contribution is -2.28. The highest BCUT2D eigenvalue weighted by atomic mass is 32.2. The first-order valence-electron chi connectivity index (χ1n) is 9.16. The Morgan fingerprint density at radius 2 is 1.79 bits per heavy atom. The van der Waals surface area contributed by atoms with Crippen molar-refractivity contribution in [2.24, 2.45) is 10.7 Å². The molecule has 6 N–H and O–H groups in total. The van der Waals surface area contributed by atoms with Crippen molar-refractivity contribution in [2.75, 3.05) is 11.2 Å². The van der Waals surface area contributed by atoms with Crippen LogP contribution in [-0.4, -0.2) is 29.3 Å². The van der Waals surface area contributed by atoms with Gasteiger partial charge >= 0.3 is 0 Å². The molecule has 0 saturated carbocycles. The van der Waals surface area contributed by atoms with Gasteiger partial charge in [0.15, 0.2) is 15.8 Å². The smallest absolute Gasteiger partial charge is 0.285 e. The summed E-state index contributed by atoms with van der Waals surface area (Å²) >= 11 is 0. The maximum Gasteiger partial charge on any atom is 0.285 e. The molecule has 1 atom stereocenters. The summed E-state index contributed by atoms with van der Waals surface area (Å²) in [5.74, 6) is -0.733. The van der Waals surface area contributed by atoms with Crippen LogP contribution >= 0.6 is 0 Å². The van der Waals surface area contributed by atoms with Crippen LogP contribution in [0.5, 0.6) is 0 Å². The topological polar surface area (TPSA) is 158 Å². The van der Waals surface area contributed by atoms with Gasteiger partial charge in [-0.15, -0.1) is 0 Å². The van der Waals surface area contributed by atoms with Crippen LogP contribution in [0.25, 0.3) is 0 Å². The van der Waals surface area contributed by atoms with Crippen molar-refractivity contribution in [2.45, 2.75) is 38.5 Å². The molecular weight excluding hydrogens is 414 g/mol. The van der Waals surface area contributed by atoms with Crippen LogP contribution in [0.1, 0.15) is 35.1 Å². The van der Waals surface area contributed by atoms with Gasteiger partial charge in [0.1, 0.15) is 10.7 Å². The van der Waals surface area contributed by atoms with E-state index in [-0.39, 0.29) is 10.7 Å². The lowest BCUT2D eigenvalue weighted by atomic mass is 9.99. The fraction of sp³-hybridized carbons (Fsp3) is 0.389. The number of nitrogens with two attached hydrogens (primary N) is 1. The van der Waals surface area contributed by atoms with Crippen LogP contribution in [0.15, 0.2) is 34.6 Å². The summed E-state index contributed by atoms with van der Waals surface area (Å²) in [4.78, 5) is 3.24. The molecule has 1 aromatic rings. The molecular formula is C18H25N5O4S2. The van der Waals surface area contributed by atoms with Crippen molar-refractivity contribution in [1.82, 2.24) is 4.72 Å². The minimum atomic E-state index is -4.32. The minimum absolute atomic E-state index is 0.182. The first kappa shape index (κ1) is 21.3. The zero-order chi connectivity index (χ0) is 21.2. The summed E-state index contributed by atoms with van der Waals surface area (Å²) in [5, 5.41) is 3.20. The Morgan fingerprint density at radius 3 is 2.31 bits per heavy atom. The summed E-state index contributed by atoms with van der Waals surface area (Å²) in [6, 6.07) is 2.29. The summed E-state index contributed by atoms with van der Waals surface area (Å²) in [5.41, 5.74) is 11.6. The van der Waals surface area contributed by atoms with Gasteiger partial charge in [0.25, 0.3) is 10.1 Å². The van der Waals surface area contributed by atoms with Crippen LogP contribution in [0.3, 0.4) is 0 Å². The van der Waals surface area contributed by atoms with E-state index in [1.54, 1.807) is 0 Å². The number of hydrogen-bond acceptors (Lipinski definition) is 7.